The number of aliphatic hydroxyl groups is 1. The molecule has 1 atom stereocenters. The maximum atomic E-state index is 12.5. The van der Waals surface area contributed by atoms with Gasteiger partial charge in [-0.15, -0.1) is 0 Å². The molecule has 3 N–H and O–H groups in total. The molecule has 2 aromatic rings. The van der Waals surface area contributed by atoms with Crippen LogP contribution in [0.4, 0.5) is 0 Å². The Hall–Kier alpha value is -2.94. The average molecular weight is 374 g/mol. The summed E-state index contributed by atoms with van der Waals surface area (Å²) in [4.78, 5) is 42.7. The summed E-state index contributed by atoms with van der Waals surface area (Å²) >= 11 is 0. The van der Waals surface area contributed by atoms with Crippen LogP contribution in [0, 0.1) is 5.92 Å². The topological polar surface area (TPSA) is 126 Å². The van der Waals surface area contributed by atoms with Gasteiger partial charge in [0.15, 0.2) is 0 Å². The lowest BCUT2D eigenvalue weighted by Crippen LogP contribution is -2.43. The molecule has 1 fully saturated rings. The van der Waals surface area contributed by atoms with E-state index in [1.807, 2.05) is 6.07 Å². The van der Waals surface area contributed by atoms with Crippen LogP contribution in [-0.2, 0) is 18.3 Å². The fraction of sp³-hybridized carbons (Fsp3) is 0.444. The normalized spacial score (nSPS) is 19.8. The number of nitrogens with zero attached hydrogens (tertiary/aromatic N) is 2. The summed E-state index contributed by atoms with van der Waals surface area (Å²) in [6.45, 7) is 0. The smallest absolute Gasteiger partial charge is 0.328 e. The molecular formula is C18H22N4O5. The number of carbonyl (C=O) groups excluding carboxylic acids is 1. The van der Waals surface area contributed by atoms with E-state index in [2.05, 4.69) is 15.3 Å². The van der Waals surface area contributed by atoms with Crippen molar-refractivity contribution >= 4 is 5.91 Å². The van der Waals surface area contributed by atoms with Gasteiger partial charge >= 0.3 is 5.69 Å². The van der Waals surface area contributed by atoms with Gasteiger partial charge in [-0.25, -0.2) is 9.78 Å². The number of H-pyrrole nitrogens is 1. The lowest BCUT2D eigenvalue weighted by atomic mass is 9.75. The Bertz CT molecular complexity index is 928. The Labute approximate surface area is 155 Å². The third kappa shape index (κ3) is 4.08. The molecule has 2 heterocycles. The van der Waals surface area contributed by atoms with E-state index in [4.69, 9.17) is 4.74 Å². The highest BCUT2D eigenvalue weighted by atomic mass is 16.5. The number of methoxy groups -OCH3 is 1. The van der Waals surface area contributed by atoms with Crippen molar-refractivity contribution in [3.05, 3.63) is 56.5 Å². The molecule has 9 nitrogen and oxygen atoms in total. The molecule has 1 aliphatic rings. The number of ether oxygens (including phenoxy) is 1. The molecule has 0 radical (unpaired) electrons. The number of hydrogen-bond acceptors (Lipinski definition) is 6. The Morgan fingerprint density at radius 2 is 2.19 bits per heavy atom. The van der Waals surface area contributed by atoms with Gasteiger partial charge in [-0.05, 0) is 24.3 Å². The first-order chi connectivity index (χ1) is 12.9. The van der Waals surface area contributed by atoms with Gasteiger partial charge in [-0.3, -0.25) is 14.2 Å². The Morgan fingerprint density at radius 3 is 2.78 bits per heavy atom. The zero-order valence-electron chi connectivity index (χ0n) is 15.1. The molecule has 0 aromatic carbocycles. The summed E-state index contributed by atoms with van der Waals surface area (Å²) in [5.41, 5.74) is -0.0318. The maximum absolute atomic E-state index is 12.5. The molecule has 144 valence electrons. The molecule has 2 aromatic heterocycles. The van der Waals surface area contributed by atoms with Crippen LogP contribution in [-0.4, -0.2) is 38.8 Å². The van der Waals surface area contributed by atoms with Crippen molar-refractivity contribution in [2.24, 2.45) is 13.0 Å². The van der Waals surface area contributed by atoms with E-state index in [9.17, 15) is 19.5 Å². The predicted molar refractivity (Wildman–Crippen MR) is 96.4 cm³/mol. The van der Waals surface area contributed by atoms with Crippen molar-refractivity contribution in [2.75, 3.05) is 7.11 Å². The SMILES string of the molecule is COc1ccc(C(NC(=O)Cc2c[nH]c(=O)n(C)c2=O)C2CC(O)C2)cn1. The van der Waals surface area contributed by atoms with E-state index in [1.54, 1.807) is 12.3 Å². The first kappa shape index (κ1) is 18.8. The van der Waals surface area contributed by atoms with E-state index in [0.29, 0.717) is 18.7 Å². The number of pyridine rings is 1. The van der Waals surface area contributed by atoms with Crippen LogP contribution < -0.4 is 21.3 Å². The molecule has 0 spiro atoms. The Morgan fingerprint density at radius 1 is 1.44 bits per heavy atom. The molecule has 1 saturated carbocycles. The molecule has 1 aliphatic carbocycles. The lowest BCUT2D eigenvalue weighted by Gasteiger charge is -2.38. The van der Waals surface area contributed by atoms with Crippen molar-refractivity contribution in [1.29, 1.82) is 0 Å². The van der Waals surface area contributed by atoms with Crippen molar-refractivity contribution < 1.29 is 14.6 Å². The minimum atomic E-state index is -0.533. The van der Waals surface area contributed by atoms with E-state index >= 15 is 0 Å². The second kappa shape index (κ2) is 7.75. The van der Waals surface area contributed by atoms with E-state index in [-0.39, 0.29) is 36.0 Å². The highest BCUT2D eigenvalue weighted by molar-refractivity contribution is 5.78. The Kier molecular flexibility index (Phi) is 5.41. The van der Waals surface area contributed by atoms with Crippen LogP contribution in [0.2, 0.25) is 0 Å². The molecule has 1 amide bonds. The molecule has 3 rings (SSSR count). The van der Waals surface area contributed by atoms with Crippen LogP contribution in [0.5, 0.6) is 5.88 Å². The largest absolute Gasteiger partial charge is 0.481 e. The number of amides is 1. The number of nitrogens with one attached hydrogen (secondary N) is 2. The van der Waals surface area contributed by atoms with E-state index in [1.165, 1.54) is 20.4 Å². The lowest BCUT2D eigenvalue weighted by molar-refractivity contribution is -0.122. The number of aromatic nitrogens is 3. The van der Waals surface area contributed by atoms with Crippen molar-refractivity contribution in [1.82, 2.24) is 19.9 Å². The fourth-order valence-electron chi connectivity index (χ4n) is 3.21. The highest BCUT2D eigenvalue weighted by Gasteiger charge is 2.36. The predicted octanol–water partition coefficient (Wildman–Crippen LogP) is -0.352. The first-order valence-electron chi connectivity index (χ1n) is 8.64. The third-order valence-corrected chi connectivity index (χ3v) is 4.87. The standard InChI is InChI=1S/C18H22N4O5/c1-22-17(25)12(9-20-18(22)26)7-14(24)21-16(11-5-13(23)6-11)10-3-4-15(27-2)19-8-10/h3-4,8-9,11,13,16,23H,5-7H2,1-2H3,(H,20,26)(H,21,24). The van der Waals surface area contributed by atoms with Gasteiger partial charge < -0.3 is 20.1 Å². The number of rotatable bonds is 6. The number of hydrogen-bond donors (Lipinski definition) is 3. The number of aliphatic hydroxyl groups excluding tert-OH is 1. The summed E-state index contributed by atoms with van der Waals surface area (Å²) in [5, 5.41) is 12.6. The summed E-state index contributed by atoms with van der Waals surface area (Å²) in [5.74, 6) is 0.202. The summed E-state index contributed by atoms with van der Waals surface area (Å²) in [6, 6.07) is 3.20. The van der Waals surface area contributed by atoms with Crippen LogP contribution in [0.3, 0.4) is 0 Å². The quantitative estimate of drug-likeness (QED) is 0.634. The zero-order chi connectivity index (χ0) is 19.6. The molecule has 9 heteroatoms. The van der Waals surface area contributed by atoms with E-state index in [0.717, 1.165) is 10.1 Å². The highest BCUT2D eigenvalue weighted by Crippen LogP contribution is 2.38. The third-order valence-electron chi connectivity index (χ3n) is 4.87. The number of aromatic amines is 1. The summed E-state index contributed by atoms with van der Waals surface area (Å²) < 4.78 is 5.98. The van der Waals surface area contributed by atoms with Gasteiger partial charge in [0.05, 0.1) is 25.7 Å². The molecule has 0 bridgehead atoms. The van der Waals surface area contributed by atoms with Gasteiger partial charge in [0.25, 0.3) is 5.56 Å². The minimum Gasteiger partial charge on any atom is -0.481 e. The second-order valence-corrected chi connectivity index (χ2v) is 6.72. The van der Waals surface area contributed by atoms with Crippen molar-refractivity contribution in [3.8, 4) is 5.88 Å². The van der Waals surface area contributed by atoms with Gasteiger partial charge in [-0.1, -0.05) is 6.07 Å². The molecule has 0 saturated heterocycles. The molecule has 0 aliphatic heterocycles. The zero-order valence-corrected chi connectivity index (χ0v) is 15.1. The second-order valence-electron chi connectivity index (χ2n) is 6.72. The average Bonchev–Trinajstić information content (AvgIpc) is 2.64. The van der Waals surface area contributed by atoms with Crippen molar-refractivity contribution in [2.45, 2.75) is 31.4 Å². The maximum Gasteiger partial charge on any atom is 0.328 e. The van der Waals surface area contributed by atoms with Crippen LogP contribution in [0.1, 0.15) is 30.0 Å². The van der Waals surface area contributed by atoms with Crippen LogP contribution in [0.25, 0.3) is 0 Å². The summed E-state index contributed by atoms with van der Waals surface area (Å²) in [6.07, 6.45) is 3.54. The van der Waals surface area contributed by atoms with E-state index < -0.39 is 11.2 Å². The Balaban J connectivity index is 1.77. The van der Waals surface area contributed by atoms with Gasteiger partial charge in [0.1, 0.15) is 0 Å². The van der Waals surface area contributed by atoms with Crippen LogP contribution >= 0.6 is 0 Å². The minimum absolute atomic E-state index is 0.0811. The van der Waals surface area contributed by atoms with Gasteiger partial charge in [-0.2, -0.15) is 0 Å². The monoisotopic (exact) mass is 374 g/mol. The van der Waals surface area contributed by atoms with Crippen LogP contribution in [0.15, 0.2) is 34.1 Å². The van der Waals surface area contributed by atoms with Gasteiger partial charge in [0, 0.05) is 31.1 Å². The summed E-state index contributed by atoms with van der Waals surface area (Å²) in [7, 11) is 2.87. The number of carbonyl (C=O) groups is 1. The molecular weight excluding hydrogens is 352 g/mol. The van der Waals surface area contributed by atoms with Crippen molar-refractivity contribution in [3.63, 3.8) is 0 Å². The molecule has 1 unspecified atom stereocenters. The first-order valence-corrected chi connectivity index (χ1v) is 8.64. The van der Waals surface area contributed by atoms with Gasteiger partial charge in [0.2, 0.25) is 11.8 Å². The molecule has 27 heavy (non-hydrogen) atoms. The fourth-order valence-corrected chi connectivity index (χ4v) is 3.21.